The van der Waals surface area contributed by atoms with Crippen LogP contribution in [0.5, 0.6) is 0 Å². The van der Waals surface area contributed by atoms with E-state index in [9.17, 15) is 14.4 Å². The summed E-state index contributed by atoms with van der Waals surface area (Å²) < 4.78 is 9.97. The van der Waals surface area contributed by atoms with Gasteiger partial charge in [0, 0.05) is 11.5 Å². The van der Waals surface area contributed by atoms with E-state index in [1.807, 2.05) is 24.3 Å². The van der Waals surface area contributed by atoms with Crippen molar-refractivity contribution in [3.8, 4) is 0 Å². The molecule has 1 aromatic rings. The molecule has 140 valence electrons. The second kappa shape index (κ2) is 9.03. The number of carbonyl (C=O) groups is 3. The van der Waals surface area contributed by atoms with E-state index in [0.29, 0.717) is 12.0 Å². The van der Waals surface area contributed by atoms with Crippen LogP contribution in [0.1, 0.15) is 49.0 Å². The molecule has 2 amide bonds. The van der Waals surface area contributed by atoms with Crippen molar-refractivity contribution in [3.63, 3.8) is 0 Å². The van der Waals surface area contributed by atoms with E-state index < -0.39 is 18.2 Å². The number of amides is 2. The van der Waals surface area contributed by atoms with Crippen molar-refractivity contribution in [1.29, 1.82) is 0 Å². The first kappa shape index (κ1) is 19.5. The van der Waals surface area contributed by atoms with Gasteiger partial charge in [-0.05, 0) is 32.8 Å². The molecule has 1 N–H and O–H groups in total. The summed E-state index contributed by atoms with van der Waals surface area (Å²) in [6, 6.07) is 6.84. The molecule has 2 atom stereocenters. The van der Waals surface area contributed by atoms with Crippen molar-refractivity contribution >= 4 is 18.0 Å². The van der Waals surface area contributed by atoms with Crippen molar-refractivity contribution in [2.45, 2.75) is 39.2 Å². The predicted molar refractivity (Wildman–Crippen MR) is 95.8 cm³/mol. The number of nitrogens with one attached hydrogen (secondary N) is 1. The minimum Gasteiger partial charge on any atom is -0.449 e. The van der Waals surface area contributed by atoms with E-state index >= 15 is 0 Å². The summed E-state index contributed by atoms with van der Waals surface area (Å²) >= 11 is 0. The fourth-order valence-corrected chi connectivity index (χ4v) is 3.04. The number of carbonyl (C=O) groups excluding carboxylic acids is 3. The van der Waals surface area contributed by atoms with Gasteiger partial charge in [0.25, 0.3) is 0 Å². The van der Waals surface area contributed by atoms with Gasteiger partial charge in [-0.3, -0.25) is 4.79 Å². The lowest BCUT2D eigenvalue weighted by molar-refractivity contribution is 0.0540. The summed E-state index contributed by atoms with van der Waals surface area (Å²) in [6.45, 7) is 5.23. The molecule has 7 nitrogen and oxygen atoms in total. The summed E-state index contributed by atoms with van der Waals surface area (Å²) in [5.74, 6) is -0.304. The van der Waals surface area contributed by atoms with Crippen molar-refractivity contribution < 1.29 is 23.9 Å². The molecule has 0 unspecified atom stereocenters. The Morgan fingerprint density at radius 3 is 2.50 bits per heavy atom. The second-order valence-corrected chi connectivity index (χ2v) is 5.80. The number of hydrazine groups is 1. The molecular formula is C19H24N2O5. The summed E-state index contributed by atoms with van der Waals surface area (Å²) in [5, 5.41) is 1.16. The third-order valence-corrected chi connectivity index (χ3v) is 4.12. The number of Topliss-reactive ketones (excluding diaryl/α,β-unsaturated/α-hetero) is 1. The SMILES string of the molecule is CCOC(=O)NN(C(=O)OCC)[C@H]1CC=C[C@@H]1c1ccccc1C(C)=O. The lowest BCUT2D eigenvalue weighted by atomic mass is 9.89. The number of hydrogen-bond donors (Lipinski definition) is 1. The molecule has 0 aliphatic heterocycles. The fourth-order valence-electron chi connectivity index (χ4n) is 3.04. The number of hydrogen-bond acceptors (Lipinski definition) is 5. The van der Waals surface area contributed by atoms with Crippen LogP contribution >= 0.6 is 0 Å². The Kier molecular flexibility index (Phi) is 6.77. The Morgan fingerprint density at radius 2 is 1.85 bits per heavy atom. The van der Waals surface area contributed by atoms with Crippen molar-refractivity contribution in [2.75, 3.05) is 13.2 Å². The van der Waals surface area contributed by atoms with Gasteiger partial charge < -0.3 is 9.47 Å². The Labute approximate surface area is 152 Å². The van der Waals surface area contributed by atoms with Gasteiger partial charge in [0.15, 0.2) is 5.78 Å². The lowest BCUT2D eigenvalue weighted by Gasteiger charge is -2.32. The third-order valence-electron chi connectivity index (χ3n) is 4.12. The van der Waals surface area contributed by atoms with Gasteiger partial charge in [-0.15, -0.1) is 0 Å². The number of rotatable bonds is 5. The van der Waals surface area contributed by atoms with E-state index in [0.717, 1.165) is 10.6 Å². The number of nitrogens with zero attached hydrogens (tertiary/aromatic N) is 1. The van der Waals surface area contributed by atoms with Crippen LogP contribution in [0.3, 0.4) is 0 Å². The highest BCUT2D eigenvalue weighted by Gasteiger charge is 2.36. The minimum atomic E-state index is -0.731. The zero-order valence-corrected chi connectivity index (χ0v) is 15.2. The molecule has 1 aliphatic rings. The minimum absolute atomic E-state index is 0.0549. The Hall–Kier alpha value is -2.83. The molecule has 0 fully saturated rings. The highest BCUT2D eigenvalue weighted by atomic mass is 16.6. The molecular weight excluding hydrogens is 336 g/mol. The van der Waals surface area contributed by atoms with Crippen LogP contribution in [-0.4, -0.2) is 42.2 Å². The van der Waals surface area contributed by atoms with E-state index in [-0.39, 0.29) is 24.9 Å². The third kappa shape index (κ3) is 4.41. The number of benzene rings is 1. The second-order valence-electron chi connectivity index (χ2n) is 5.80. The van der Waals surface area contributed by atoms with E-state index in [1.54, 1.807) is 26.0 Å². The first-order valence-corrected chi connectivity index (χ1v) is 8.65. The highest BCUT2D eigenvalue weighted by molar-refractivity contribution is 5.95. The van der Waals surface area contributed by atoms with Gasteiger partial charge in [0.1, 0.15) is 0 Å². The maximum Gasteiger partial charge on any atom is 0.429 e. The first-order chi connectivity index (χ1) is 12.5. The van der Waals surface area contributed by atoms with Crippen LogP contribution in [0.4, 0.5) is 9.59 Å². The predicted octanol–water partition coefficient (Wildman–Crippen LogP) is 3.42. The lowest BCUT2D eigenvalue weighted by Crippen LogP contribution is -2.53. The van der Waals surface area contributed by atoms with E-state index in [4.69, 9.17) is 9.47 Å². The first-order valence-electron chi connectivity index (χ1n) is 8.65. The molecule has 26 heavy (non-hydrogen) atoms. The van der Waals surface area contributed by atoms with Crippen LogP contribution in [0.15, 0.2) is 36.4 Å². The van der Waals surface area contributed by atoms with Crippen molar-refractivity contribution in [2.24, 2.45) is 0 Å². The van der Waals surface area contributed by atoms with Crippen molar-refractivity contribution in [3.05, 3.63) is 47.5 Å². The molecule has 1 aliphatic carbocycles. The molecule has 0 aromatic heterocycles. The van der Waals surface area contributed by atoms with Gasteiger partial charge in [-0.2, -0.15) is 0 Å². The Balaban J connectivity index is 2.33. The molecule has 0 saturated heterocycles. The van der Waals surface area contributed by atoms with Crippen molar-refractivity contribution in [1.82, 2.24) is 10.4 Å². The highest BCUT2D eigenvalue weighted by Crippen LogP contribution is 2.34. The van der Waals surface area contributed by atoms with Crippen LogP contribution in [0.25, 0.3) is 0 Å². The maximum atomic E-state index is 12.4. The zero-order chi connectivity index (χ0) is 19.1. The summed E-state index contributed by atoms with van der Waals surface area (Å²) in [4.78, 5) is 36.3. The molecule has 0 bridgehead atoms. The summed E-state index contributed by atoms with van der Waals surface area (Å²) in [7, 11) is 0. The average molecular weight is 360 g/mol. The normalized spacial score (nSPS) is 18.3. The standard InChI is InChI=1S/C19H24N2O5/c1-4-25-18(23)20-21(19(24)26-5-2)17-12-8-11-16(17)15-10-7-6-9-14(15)13(3)22/h6-11,16-17H,4-5,12H2,1-3H3,(H,20,23)/t16-,17+/m1/s1. The quantitative estimate of drug-likeness (QED) is 0.494. The largest absolute Gasteiger partial charge is 0.449 e. The van der Waals surface area contributed by atoms with Gasteiger partial charge in [0.2, 0.25) is 0 Å². The summed E-state index contributed by atoms with van der Waals surface area (Å²) in [5.41, 5.74) is 3.86. The molecule has 0 spiro atoms. The van der Waals surface area contributed by atoms with E-state index in [2.05, 4.69) is 5.43 Å². The number of ketones is 1. The molecule has 0 heterocycles. The molecule has 2 rings (SSSR count). The molecule has 0 radical (unpaired) electrons. The Morgan fingerprint density at radius 1 is 1.15 bits per heavy atom. The van der Waals surface area contributed by atoms with Crippen LogP contribution in [0, 0.1) is 0 Å². The van der Waals surface area contributed by atoms with Gasteiger partial charge in [0.05, 0.1) is 19.3 Å². The topological polar surface area (TPSA) is 84.9 Å². The van der Waals surface area contributed by atoms with E-state index in [1.165, 1.54) is 6.92 Å². The van der Waals surface area contributed by atoms with Gasteiger partial charge in [-0.1, -0.05) is 36.4 Å². The monoisotopic (exact) mass is 360 g/mol. The van der Waals surface area contributed by atoms with Crippen LogP contribution in [0.2, 0.25) is 0 Å². The molecule has 7 heteroatoms. The molecule has 0 saturated carbocycles. The average Bonchev–Trinajstić information content (AvgIpc) is 3.09. The fraction of sp³-hybridized carbons (Fsp3) is 0.421. The van der Waals surface area contributed by atoms with Gasteiger partial charge >= 0.3 is 12.2 Å². The number of ether oxygens (including phenoxy) is 2. The Bertz CT molecular complexity index is 701. The van der Waals surface area contributed by atoms with Crippen LogP contribution < -0.4 is 5.43 Å². The van der Waals surface area contributed by atoms with Crippen LogP contribution in [-0.2, 0) is 9.47 Å². The van der Waals surface area contributed by atoms with Gasteiger partial charge in [-0.25, -0.2) is 20.0 Å². The maximum absolute atomic E-state index is 12.4. The summed E-state index contributed by atoms with van der Waals surface area (Å²) in [6.07, 6.45) is 2.98. The molecule has 1 aromatic carbocycles. The smallest absolute Gasteiger partial charge is 0.429 e. The zero-order valence-electron chi connectivity index (χ0n) is 15.2.